The van der Waals surface area contributed by atoms with E-state index in [9.17, 15) is 9.90 Å². The van der Waals surface area contributed by atoms with E-state index >= 15 is 0 Å². The molecule has 0 saturated carbocycles. The van der Waals surface area contributed by atoms with Crippen LogP contribution in [0.15, 0.2) is 27.6 Å². The maximum atomic E-state index is 12.6. The van der Waals surface area contributed by atoms with Crippen molar-refractivity contribution in [2.75, 3.05) is 19.7 Å². The van der Waals surface area contributed by atoms with Crippen LogP contribution in [0.2, 0.25) is 10.0 Å². The molecule has 2 aromatic rings. The van der Waals surface area contributed by atoms with E-state index in [2.05, 4.69) is 4.90 Å². The number of hydrogen-bond acceptors (Lipinski definition) is 4. The highest BCUT2D eigenvalue weighted by molar-refractivity contribution is 6.38. The standard InChI is InChI=1S/C16H17Cl2NO3/c17-12-4-13-15(21)11(9-22-16(13)14(18)5-12)7-19-3-1-2-10(6-19)8-20/h4-5,9-10,20H,1-3,6-8H2. The van der Waals surface area contributed by atoms with Crippen molar-refractivity contribution in [1.29, 1.82) is 0 Å². The first-order valence-electron chi connectivity index (χ1n) is 7.31. The van der Waals surface area contributed by atoms with E-state index in [1.807, 2.05) is 0 Å². The third-order valence-corrected chi connectivity index (χ3v) is 4.62. The number of fused-ring (bicyclic) bond motifs is 1. The van der Waals surface area contributed by atoms with E-state index < -0.39 is 0 Å². The predicted molar refractivity (Wildman–Crippen MR) is 87.6 cm³/mol. The summed E-state index contributed by atoms with van der Waals surface area (Å²) in [5.41, 5.74) is 0.855. The van der Waals surface area contributed by atoms with Crippen LogP contribution in [0, 0.1) is 5.92 Å². The normalized spacial score (nSPS) is 19.7. The first-order chi connectivity index (χ1) is 10.6. The smallest absolute Gasteiger partial charge is 0.197 e. The summed E-state index contributed by atoms with van der Waals surface area (Å²) < 4.78 is 5.54. The summed E-state index contributed by atoms with van der Waals surface area (Å²) in [5.74, 6) is 0.283. The van der Waals surface area contributed by atoms with Gasteiger partial charge in [0.2, 0.25) is 0 Å². The van der Waals surface area contributed by atoms with Crippen LogP contribution in [-0.4, -0.2) is 29.7 Å². The first kappa shape index (κ1) is 15.8. The van der Waals surface area contributed by atoms with Crippen molar-refractivity contribution in [1.82, 2.24) is 4.90 Å². The lowest BCUT2D eigenvalue weighted by Crippen LogP contribution is -2.37. The van der Waals surface area contributed by atoms with Crippen LogP contribution in [-0.2, 0) is 6.54 Å². The predicted octanol–water partition coefficient (Wildman–Crippen LogP) is 3.30. The Morgan fingerprint density at radius 1 is 1.36 bits per heavy atom. The number of nitrogens with zero attached hydrogens (tertiary/aromatic N) is 1. The second-order valence-electron chi connectivity index (χ2n) is 5.78. The molecule has 1 N–H and O–H groups in total. The molecular formula is C16H17Cl2NO3. The van der Waals surface area contributed by atoms with Crippen molar-refractivity contribution in [3.05, 3.63) is 44.2 Å². The Balaban J connectivity index is 1.91. The van der Waals surface area contributed by atoms with Gasteiger partial charge in [0, 0.05) is 30.3 Å². The maximum absolute atomic E-state index is 12.6. The van der Waals surface area contributed by atoms with E-state index in [0.29, 0.717) is 33.1 Å². The summed E-state index contributed by atoms with van der Waals surface area (Å²) >= 11 is 12.0. The van der Waals surface area contributed by atoms with Crippen molar-refractivity contribution >= 4 is 34.2 Å². The molecule has 0 spiro atoms. The highest BCUT2D eigenvalue weighted by atomic mass is 35.5. The topological polar surface area (TPSA) is 53.7 Å². The van der Waals surface area contributed by atoms with E-state index in [-0.39, 0.29) is 18.0 Å². The fraction of sp³-hybridized carbons (Fsp3) is 0.438. The zero-order valence-electron chi connectivity index (χ0n) is 12.0. The van der Waals surface area contributed by atoms with Crippen LogP contribution in [0.25, 0.3) is 11.0 Å². The number of likely N-dealkylation sites (tertiary alicyclic amines) is 1. The van der Waals surface area contributed by atoms with Crippen LogP contribution >= 0.6 is 23.2 Å². The third kappa shape index (κ3) is 3.15. The molecule has 1 aromatic carbocycles. The lowest BCUT2D eigenvalue weighted by Gasteiger charge is -2.31. The van der Waals surface area contributed by atoms with Gasteiger partial charge >= 0.3 is 0 Å². The highest BCUT2D eigenvalue weighted by Crippen LogP contribution is 2.26. The highest BCUT2D eigenvalue weighted by Gasteiger charge is 2.21. The molecule has 1 fully saturated rings. The summed E-state index contributed by atoms with van der Waals surface area (Å²) in [6.45, 7) is 2.42. The van der Waals surface area contributed by atoms with Gasteiger partial charge in [0.05, 0.1) is 16.7 Å². The third-order valence-electron chi connectivity index (χ3n) is 4.12. The second kappa shape index (κ2) is 6.59. The molecule has 1 saturated heterocycles. The molecule has 118 valence electrons. The number of aliphatic hydroxyl groups excluding tert-OH is 1. The fourth-order valence-corrected chi connectivity index (χ4v) is 3.54. The Bertz CT molecular complexity index is 744. The molecule has 0 amide bonds. The van der Waals surface area contributed by atoms with Gasteiger partial charge in [-0.3, -0.25) is 9.69 Å². The van der Waals surface area contributed by atoms with Crippen LogP contribution < -0.4 is 5.43 Å². The monoisotopic (exact) mass is 341 g/mol. The van der Waals surface area contributed by atoms with Crippen molar-refractivity contribution in [2.24, 2.45) is 5.92 Å². The average molecular weight is 342 g/mol. The van der Waals surface area contributed by atoms with Gasteiger partial charge in [-0.05, 0) is 37.4 Å². The zero-order chi connectivity index (χ0) is 15.7. The van der Waals surface area contributed by atoms with Crippen LogP contribution in [0.4, 0.5) is 0 Å². The number of halogens is 2. The van der Waals surface area contributed by atoms with Gasteiger partial charge in [-0.1, -0.05) is 23.2 Å². The quantitative estimate of drug-likeness (QED) is 0.930. The molecule has 22 heavy (non-hydrogen) atoms. The summed E-state index contributed by atoms with van der Waals surface area (Å²) in [5, 5.41) is 10.5. The molecule has 4 nitrogen and oxygen atoms in total. The Labute approximate surface area is 138 Å². The van der Waals surface area contributed by atoms with Crippen molar-refractivity contribution in [2.45, 2.75) is 19.4 Å². The van der Waals surface area contributed by atoms with Gasteiger partial charge in [-0.15, -0.1) is 0 Å². The maximum Gasteiger partial charge on any atom is 0.197 e. The van der Waals surface area contributed by atoms with Crippen molar-refractivity contribution in [3.8, 4) is 0 Å². The molecular weight excluding hydrogens is 325 g/mol. The van der Waals surface area contributed by atoms with Crippen LogP contribution in [0.5, 0.6) is 0 Å². The number of rotatable bonds is 3. The fourth-order valence-electron chi connectivity index (χ4n) is 3.00. The number of aliphatic hydroxyl groups is 1. The van der Waals surface area contributed by atoms with E-state index in [1.54, 1.807) is 12.1 Å². The van der Waals surface area contributed by atoms with E-state index in [1.165, 1.54) is 6.26 Å². The van der Waals surface area contributed by atoms with Crippen LogP contribution in [0.1, 0.15) is 18.4 Å². The van der Waals surface area contributed by atoms with Crippen molar-refractivity contribution < 1.29 is 9.52 Å². The average Bonchev–Trinajstić information content (AvgIpc) is 2.51. The van der Waals surface area contributed by atoms with Gasteiger partial charge < -0.3 is 9.52 Å². The Morgan fingerprint density at radius 2 is 2.18 bits per heavy atom. The van der Waals surface area contributed by atoms with Gasteiger partial charge in [0.1, 0.15) is 0 Å². The Hall–Kier alpha value is -1.07. The molecule has 1 aromatic heterocycles. The van der Waals surface area contributed by atoms with Gasteiger partial charge in [-0.25, -0.2) is 0 Å². The number of hydrogen-bond donors (Lipinski definition) is 1. The molecule has 0 radical (unpaired) electrons. The second-order valence-corrected chi connectivity index (χ2v) is 6.62. The minimum Gasteiger partial charge on any atom is -0.462 e. The Morgan fingerprint density at radius 3 is 2.95 bits per heavy atom. The molecule has 0 aliphatic carbocycles. The molecule has 1 unspecified atom stereocenters. The summed E-state index contributed by atoms with van der Waals surface area (Å²) in [7, 11) is 0. The van der Waals surface area contributed by atoms with Gasteiger partial charge in [-0.2, -0.15) is 0 Å². The number of piperidine rings is 1. The summed E-state index contributed by atoms with van der Waals surface area (Å²) in [4.78, 5) is 14.8. The minimum absolute atomic E-state index is 0.100. The molecule has 1 atom stereocenters. The largest absolute Gasteiger partial charge is 0.462 e. The molecule has 1 aliphatic rings. The summed E-state index contributed by atoms with van der Waals surface area (Å²) in [6.07, 6.45) is 3.54. The van der Waals surface area contributed by atoms with Gasteiger partial charge in [0.15, 0.2) is 11.0 Å². The lowest BCUT2D eigenvalue weighted by atomic mass is 9.98. The number of benzene rings is 1. The van der Waals surface area contributed by atoms with E-state index in [4.69, 9.17) is 27.6 Å². The van der Waals surface area contributed by atoms with Crippen LogP contribution in [0.3, 0.4) is 0 Å². The SMILES string of the molecule is O=c1c(CN2CCCC(CO)C2)coc2c(Cl)cc(Cl)cc12. The molecule has 2 heterocycles. The summed E-state index contributed by atoms with van der Waals surface area (Å²) in [6, 6.07) is 3.15. The molecule has 1 aliphatic heterocycles. The Kier molecular flexibility index (Phi) is 4.73. The van der Waals surface area contributed by atoms with Gasteiger partial charge in [0.25, 0.3) is 0 Å². The zero-order valence-corrected chi connectivity index (χ0v) is 13.5. The molecule has 6 heteroatoms. The first-order valence-corrected chi connectivity index (χ1v) is 8.06. The van der Waals surface area contributed by atoms with E-state index in [0.717, 1.165) is 25.9 Å². The minimum atomic E-state index is -0.100. The van der Waals surface area contributed by atoms with Crippen molar-refractivity contribution in [3.63, 3.8) is 0 Å². The molecule has 0 bridgehead atoms. The lowest BCUT2D eigenvalue weighted by molar-refractivity contribution is 0.115. The molecule has 3 rings (SSSR count).